The molecule has 2 rings (SSSR count). The van der Waals surface area contributed by atoms with Crippen LogP contribution in [-0.4, -0.2) is 18.5 Å². The third kappa shape index (κ3) is 2.64. The lowest BCUT2D eigenvalue weighted by Crippen LogP contribution is -2.28. The first-order chi connectivity index (χ1) is 8.52. The van der Waals surface area contributed by atoms with Crippen molar-refractivity contribution in [2.45, 2.75) is 17.4 Å². The van der Waals surface area contributed by atoms with Gasteiger partial charge in [-0.2, -0.15) is 5.26 Å². The highest BCUT2D eigenvalue weighted by atomic mass is 79.9. The molecule has 7 heteroatoms. The molecule has 0 spiro atoms. The summed E-state index contributed by atoms with van der Waals surface area (Å²) >= 11 is 10.5. The van der Waals surface area contributed by atoms with Crippen LogP contribution in [0.15, 0.2) is 21.5 Å². The number of nitriles is 1. The summed E-state index contributed by atoms with van der Waals surface area (Å²) in [4.78, 5) is 14.1. The minimum Gasteiger partial charge on any atom is -0.326 e. The van der Waals surface area contributed by atoms with Crippen LogP contribution in [0.5, 0.6) is 0 Å². The molecule has 4 nitrogen and oxygen atoms in total. The maximum Gasteiger partial charge on any atom is 0.228 e. The van der Waals surface area contributed by atoms with Crippen LogP contribution in [0, 0.1) is 10.7 Å². The van der Waals surface area contributed by atoms with Gasteiger partial charge in [0.05, 0.1) is 10.7 Å². The second-order valence-electron chi connectivity index (χ2n) is 3.90. The summed E-state index contributed by atoms with van der Waals surface area (Å²) in [5, 5.41) is 11.1. The summed E-state index contributed by atoms with van der Waals surface area (Å²) in [6, 6.07) is 3.27. The fourth-order valence-corrected chi connectivity index (χ4v) is 3.16. The molecule has 0 radical (unpaired) electrons. The minimum atomic E-state index is -0.152. The average molecular weight is 347 g/mol. The van der Waals surface area contributed by atoms with Crippen LogP contribution >= 0.6 is 39.3 Å². The van der Waals surface area contributed by atoms with Gasteiger partial charge in [0, 0.05) is 28.4 Å². The molecule has 0 aliphatic carbocycles. The number of thiocyanates is 1. The zero-order chi connectivity index (χ0) is 13.3. The Morgan fingerprint density at radius 1 is 1.61 bits per heavy atom. The fraction of sp³-hybridized carbons (Fsp3) is 0.273. The van der Waals surface area contributed by atoms with Crippen molar-refractivity contribution in [2.75, 3.05) is 11.4 Å². The molecule has 1 aromatic carbocycles. The number of thioether (sulfide) groups is 1. The van der Waals surface area contributed by atoms with E-state index in [1.165, 1.54) is 0 Å². The Morgan fingerprint density at radius 2 is 2.33 bits per heavy atom. The largest absolute Gasteiger partial charge is 0.326 e. The van der Waals surface area contributed by atoms with Crippen molar-refractivity contribution in [1.29, 1.82) is 5.26 Å². The number of rotatable bonds is 2. The Morgan fingerprint density at radius 3 is 2.89 bits per heavy atom. The molecule has 1 aliphatic heterocycles. The second-order valence-corrected chi connectivity index (χ2v) is 5.98. The first-order valence-corrected chi connectivity index (χ1v) is 7.12. The van der Waals surface area contributed by atoms with Crippen LogP contribution in [0.3, 0.4) is 0 Å². The molecule has 2 N–H and O–H groups in total. The highest BCUT2D eigenvalue weighted by Gasteiger charge is 2.29. The Balaban J connectivity index is 2.38. The van der Waals surface area contributed by atoms with Gasteiger partial charge in [-0.15, -0.1) is 0 Å². The number of amides is 1. The molecule has 1 saturated heterocycles. The van der Waals surface area contributed by atoms with Gasteiger partial charge in [-0.1, -0.05) is 11.6 Å². The van der Waals surface area contributed by atoms with Crippen molar-refractivity contribution in [3.63, 3.8) is 0 Å². The topological polar surface area (TPSA) is 70.1 Å². The quantitative estimate of drug-likeness (QED) is 0.660. The number of hydrogen-bond donors (Lipinski definition) is 1. The van der Waals surface area contributed by atoms with E-state index >= 15 is 0 Å². The minimum absolute atomic E-state index is 0.0306. The van der Waals surface area contributed by atoms with E-state index in [1.54, 1.807) is 17.0 Å². The Bertz CT molecular complexity index is 546. The molecule has 1 atom stereocenters. The molecule has 1 unspecified atom stereocenters. The third-order valence-electron chi connectivity index (χ3n) is 2.60. The van der Waals surface area contributed by atoms with Crippen molar-refractivity contribution in [2.24, 2.45) is 5.73 Å². The Hall–Kier alpha value is -0.740. The summed E-state index contributed by atoms with van der Waals surface area (Å²) in [5.41, 5.74) is 6.38. The van der Waals surface area contributed by atoms with Crippen molar-refractivity contribution in [3.05, 3.63) is 21.6 Å². The fourth-order valence-electron chi connectivity index (χ4n) is 1.82. The first-order valence-electron chi connectivity index (χ1n) is 5.14. The molecule has 0 bridgehead atoms. The van der Waals surface area contributed by atoms with E-state index in [9.17, 15) is 4.79 Å². The summed E-state index contributed by atoms with van der Waals surface area (Å²) in [6.45, 7) is 0.468. The van der Waals surface area contributed by atoms with Gasteiger partial charge in [-0.25, -0.2) is 0 Å². The van der Waals surface area contributed by atoms with Gasteiger partial charge in [0.1, 0.15) is 5.40 Å². The molecule has 18 heavy (non-hydrogen) atoms. The molecule has 1 aromatic rings. The third-order valence-corrected chi connectivity index (χ3v) is 4.47. The highest BCUT2D eigenvalue weighted by molar-refractivity contribution is 9.10. The van der Waals surface area contributed by atoms with E-state index < -0.39 is 0 Å². The maximum absolute atomic E-state index is 11.8. The number of nitrogens with two attached hydrogens (primary N) is 1. The van der Waals surface area contributed by atoms with Crippen LogP contribution in [0.1, 0.15) is 6.42 Å². The lowest BCUT2D eigenvalue weighted by Gasteiger charge is -2.18. The number of carbonyl (C=O) groups is 1. The highest BCUT2D eigenvalue weighted by Crippen LogP contribution is 2.37. The van der Waals surface area contributed by atoms with Gasteiger partial charge in [-0.05, 0) is 39.8 Å². The molecule has 1 heterocycles. The summed E-state index contributed by atoms with van der Waals surface area (Å²) in [5.74, 6) is -0.0306. The zero-order valence-corrected chi connectivity index (χ0v) is 12.3. The number of halogens is 2. The molecule has 1 amide bonds. The van der Waals surface area contributed by atoms with Crippen molar-refractivity contribution < 1.29 is 4.79 Å². The smallest absolute Gasteiger partial charge is 0.228 e. The van der Waals surface area contributed by atoms with Crippen LogP contribution in [0.25, 0.3) is 0 Å². The maximum atomic E-state index is 11.8. The van der Waals surface area contributed by atoms with Crippen LogP contribution in [0.2, 0.25) is 5.02 Å². The van der Waals surface area contributed by atoms with Gasteiger partial charge < -0.3 is 10.6 Å². The normalized spacial score (nSPS) is 19.1. The van der Waals surface area contributed by atoms with Crippen molar-refractivity contribution >= 4 is 50.9 Å². The lowest BCUT2D eigenvalue weighted by atomic mass is 10.3. The molecule has 0 saturated carbocycles. The molecular weight excluding hydrogens is 338 g/mol. The summed E-state index contributed by atoms with van der Waals surface area (Å²) in [6.07, 6.45) is 0.336. The molecule has 94 valence electrons. The van der Waals surface area contributed by atoms with E-state index in [0.717, 1.165) is 21.1 Å². The number of benzene rings is 1. The number of anilines is 1. The number of hydrogen-bond acceptors (Lipinski definition) is 4. The van der Waals surface area contributed by atoms with Crippen molar-refractivity contribution in [1.82, 2.24) is 0 Å². The van der Waals surface area contributed by atoms with E-state index in [-0.39, 0.29) is 11.9 Å². The van der Waals surface area contributed by atoms with E-state index in [1.807, 2.05) is 5.40 Å². The average Bonchev–Trinajstić information content (AvgIpc) is 2.63. The van der Waals surface area contributed by atoms with Gasteiger partial charge in [0.2, 0.25) is 5.91 Å². The zero-order valence-electron chi connectivity index (χ0n) is 9.19. The summed E-state index contributed by atoms with van der Waals surface area (Å²) in [7, 11) is 0. The molecular formula is C11H9BrClN3OS. The van der Waals surface area contributed by atoms with Crippen LogP contribution in [0.4, 0.5) is 5.69 Å². The predicted molar refractivity (Wildman–Crippen MR) is 75.6 cm³/mol. The molecule has 0 aromatic heterocycles. The van der Waals surface area contributed by atoms with Gasteiger partial charge in [0.15, 0.2) is 0 Å². The molecule has 1 fully saturated rings. The summed E-state index contributed by atoms with van der Waals surface area (Å²) < 4.78 is 0.738. The van der Waals surface area contributed by atoms with Crippen LogP contribution < -0.4 is 10.6 Å². The van der Waals surface area contributed by atoms with E-state index in [0.29, 0.717) is 23.7 Å². The lowest BCUT2D eigenvalue weighted by molar-refractivity contribution is -0.117. The monoisotopic (exact) mass is 345 g/mol. The van der Waals surface area contributed by atoms with E-state index in [4.69, 9.17) is 22.6 Å². The SMILES string of the molecule is N#CSc1cc(Cl)c(N2CC(N)CC2=O)cc1Br. The standard InChI is InChI=1S/C11H9BrClN3OS/c12-7-2-9(8(13)3-10(7)18-5-14)16-4-6(15)1-11(16)17/h2-3,6H,1,4,15H2. The predicted octanol–water partition coefficient (Wildman–Crippen LogP) is 2.74. The Labute approximate surface area is 122 Å². The first kappa shape index (κ1) is 13.7. The van der Waals surface area contributed by atoms with Gasteiger partial charge in [0.25, 0.3) is 0 Å². The number of carbonyl (C=O) groups excluding carboxylic acids is 1. The number of nitrogens with zero attached hydrogens (tertiary/aromatic N) is 2. The Kier molecular flexibility index (Phi) is 4.17. The van der Waals surface area contributed by atoms with Crippen molar-refractivity contribution in [3.8, 4) is 5.40 Å². The van der Waals surface area contributed by atoms with Gasteiger partial charge >= 0.3 is 0 Å². The second kappa shape index (κ2) is 5.49. The van der Waals surface area contributed by atoms with Crippen LogP contribution in [-0.2, 0) is 4.79 Å². The van der Waals surface area contributed by atoms with Gasteiger partial charge in [-0.3, -0.25) is 4.79 Å². The van der Waals surface area contributed by atoms with E-state index in [2.05, 4.69) is 15.9 Å². The molecule has 1 aliphatic rings.